The highest BCUT2D eigenvalue weighted by molar-refractivity contribution is 7.99. The van der Waals surface area contributed by atoms with Gasteiger partial charge in [-0.15, -0.1) is 11.8 Å². The number of nitrogens with zero attached hydrogens (tertiary/aromatic N) is 3. The van der Waals surface area contributed by atoms with Gasteiger partial charge in [0, 0.05) is 23.7 Å². The molecule has 0 atom stereocenters. The van der Waals surface area contributed by atoms with Gasteiger partial charge in [-0.1, -0.05) is 0 Å². The van der Waals surface area contributed by atoms with Gasteiger partial charge in [-0.3, -0.25) is 9.67 Å². The van der Waals surface area contributed by atoms with Gasteiger partial charge in [0.05, 0.1) is 17.8 Å². The Morgan fingerprint density at radius 3 is 2.65 bits per heavy atom. The summed E-state index contributed by atoms with van der Waals surface area (Å²) in [7, 11) is 0. The number of hydrogen-bond acceptors (Lipinski definition) is 4. The van der Waals surface area contributed by atoms with Crippen LogP contribution in [0.3, 0.4) is 0 Å². The van der Waals surface area contributed by atoms with Crippen LogP contribution in [0.5, 0.6) is 0 Å². The Labute approximate surface area is 135 Å². The Morgan fingerprint density at radius 2 is 1.87 bits per heavy atom. The van der Waals surface area contributed by atoms with Crippen LogP contribution in [0.1, 0.15) is 0 Å². The second-order valence-electron chi connectivity index (χ2n) is 5.16. The zero-order valence-electron chi connectivity index (χ0n) is 12.0. The van der Waals surface area contributed by atoms with Gasteiger partial charge >= 0.3 is 0 Å². The van der Waals surface area contributed by atoms with Crippen molar-refractivity contribution < 1.29 is 8.78 Å². The van der Waals surface area contributed by atoms with Crippen LogP contribution in [-0.2, 0) is 6.54 Å². The van der Waals surface area contributed by atoms with Crippen LogP contribution in [-0.4, -0.2) is 20.5 Å². The van der Waals surface area contributed by atoms with Crippen molar-refractivity contribution in [1.82, 2.24) is 14.8 Å². The summed E-state index contributed by atoms with van der Waals surface area (Å²) in [6.07, 6.45) is 3.30. The first-order valence-electron chi connectivity index (χ1n) is 7.04. The molecule has 116 valence electrons. The third kappa shape index (κ3) is 2.19. The number of hydrogen-bond donors (Lipinski definition) is 1. The maximum Gasteiger partial charge on any atom is 0.158 e. The lowest BCUT2D eigenvalue weighted by atomic mass is 10.0. The van der Waals surface area contributed by atoms with Crippen molar-refractivity contribution in [2.75, 3.05) is 11.5 Å². The highest BCUT2D eigenvalue weighted by Gasteiger charge is 2.28. The van der Waals surface area contributed by atoms with Gasteiger partial charge in [-0.2, -0.15) is 5.10 Å². The van der Waals surface area contributed by atoms with Crippen molar-refractivity contribution >= 4 is 17.4 Å². The van der Waals surface area contributed by atoms with Crippen LogP contribution >= 0.6 is 11.8 Å². The molecule has 1 aliphatic heterocycles. The molecule has 3 heterocycles. The number of fused-ring (bicyclic) bond motifs is 1. The average molecular weight is 330 g/mol. The molecule has 0 radical (unpaired) electrons. The highest BCUT2D eigenvalue weighted by Crippen LogP contribution is 2.43. The smallest absolute Gasteiger partial charge is 0.158 e. The summed E-state index contributed by atoms with van der Waals surface area (Å²) in [4.78, 5) is 4.00. The number of aromatic nitrogens is 3. The van der Waals surface area contributed by atoms with E-state index < -0.39 is 11.6 Å². The summed E-state index contributed by atoms with van der Waals surface area (Å²) in [5.74, 6) is -0.557. The van der Waals surface area contributed by atoms with E-state index in [1.54, 1.807) is 28.8 Å². The zero-order valence-corrected chi connectivity index (χ0v) is 12.8. The van der Waals surface area contributed by atoms with E-state index in [1.165, 1.54) is 12.1 Å². The Balaban J connectivity index is 2.03. The topological polar surface area (TPSA) is 56.7 Å². The van der Waals surface area contributed by atoms with E-state index in [1.807, 2.05) is 12.1 Å². The number of halogens is 2. The number of aryl methyl sites for hydroxylation is 1. The lowest BCUT2D eigenvalue weighted by Crippen LogP contribution is -2.00. The fourth-order valence-corrected chi connectivity index (χ4v) is 3.81. The Hall–Kier alpha value is -2.41. The molecule has 0 amide bonds. The standard InChI is InChI=1S/C16H12F2N4S/c17-10-1-2-11(19)14(18)13(10)15-12(9-3-5-20-6-4-9)16-22(21-15)7-8-23-16/h1-6H,7-8,19H2. The predicted molar refractivity (Wildman–Crippen MR) is 85.9 cm³/mol. The molecule has 0 bridgehead atoms. The second-order valence-corrected chi connectivity index (χ2v) is 6.25. The first kappa shape index (κ1) is 14.2. The lowest BCUT2D eigenvalue weighted by molar-refractivity contribution is 0.588. The zero-order chi connectivity index (χ0) is 16.0. The number of thioether (sulfide) groups is 1. The molecule has 23 heavy (non-hydrogen) atoms. The summed E-state index contributed by atoms with van der Waals surface area (Å²) >= 11 is 1.62. The molecule has 1 aliphatic rings. The van der Waals surface area contributed by atoms with Crippen LogP contribution in [0.2, 0.25) is 0 Å². The molecule has 2 aromatic heterocycles. The minimum Gasteiger partial charge on any atom is -0.396 e. The maximum atomic E-state index is 14.5. The quantitative estimate of drug-likeness (QED) is 0.730. The summed E-state index contributed by atoms with van der Waals surface area (Å²) in [6.45, 7) is 0.712. The molecule has 0 spiro atoms. The minimum absolute atomic E-state index is 0.0945. The van der Waals surface area contributed by atoms with Crippen molar-refractivity contribution in [3.05, 3.63) is 48.3 Å². The summed E-state index contributed by atoms with van der Waals surface area (Å²) in [5, 5.41) is 5.35. The number of rotatable bonds is 2. The normalized spacial score (nSPS) is 13.3. The molecule has 0 unspecified atom stereocenters. The van der Waals surface area contributed by atoms with Gasteiger partial charge in [0.2, 0.25) is 0 Å². The molecular weight excluding hydrogens is 318 g/mol. The SMILES string of the molecule is Nc1ccc(F)c(-c2nn3c(c2-c2ccncc2)SCC3)c1F. The summed E-state index contributed by atoms with van der Waals surface area (Å²) < 4.78 is 30.6. The molecule has 4 rings (SSSR count). The van der Waals surface area contributed by atoms with Gasteiger partial charge in [0.15, 0.2) is 5.82 Å². The maximum absolute atomic E-state index is 14.5. The molecule has 0 fully saturated rings. The molecule has 3 aromatic rings. The van der Waals surface area contributed by atoms with E-state index in [2.05, 4.69) is 10.1 Å². The molecular formula is C16H12F2N4S. The summed E-state index contributed by atoms with van der Waals surface area (Å²) in [6, 6.07) is 6.01. The third-order valence-electron chi connectivity index (χ3n) is 3.77. The Morgan fingerprint density at radius 1 is 1.09 bits per heavy atom. The van der Waals surface area contributed by atoms with Gasteiger partial charge < -0.3 is 5.73 Å². The molecule has 1 aromatic carbocycles. The number of benzene rings is 1. The molecule has 2 N–H and O–H groups in total. The number of nitrogens with two attached hydrogens (primary N) is 1. The first-order valence-corrected chi connectivity index (χ1v) is 8.03. The lowest BCUT2D eigenvalue weighted by Gasteiger charge is -2.08. The van der Waals surface area contributed by atoms with Crippen LogP contribution in [0, 0.1) is 11.6 Å². The van der Waals surface area contributed by atoms with Crippen LogP contribution in [0.4, 0.5) is 14.5 Å². The largest absolute Gasteiger partial charge is 0.396 e. The van der Waals surface area contributed by atoms with Crippen molar-refractivity contribution in [3.8, 4) is 22.4 Å². The highest BCUT2D eigenvalue weighted by atomic mass is 32.2. The average Bonchev–Trinajstić information content (AvgIpc) is 3.13. The van der Waals surface area contributed by atoms with Crippen LogP contribution in [0.25, 0.3) is 22.4 Å². The predicted octanol–water partition coefficient (Wildman–Crippen LogP) is 3.58. The fourth-order valence-electron chi connectivity index (χ4n) is 2.71. The molecule has 4 nitrogen and oxygen atoms in total. The fraction of sp³-hybridized carbons (Fsp3) is 0.125. The molecule has 0 saturated heterocycles. The van der Waals surface area contributed by atoms with Crippen molar-refractivity contribution in [2.45, 2.75) is 11.6 Å². The first-order chi connectivity index (χ1) is 11.2. The minimum atomic E-state index is -0.776. The third-order valence-corrected chi connectivity index (χ3v) is 4.85. The van der Waals surface area contributed by atoms with E-state index in [0.29, 0.717) is 6.54 Å². The Kier molecular flexibility index (Phi) is 3.30. The van der Waals surface area contributed by atoms with E-state index in [9.17, 15) is 8.78 Å². The van der Waals surface area contributed by atoms with Crippen molar-refractivity contribution in [2.24, 2.45) is 0 Å². The second kappa shape index (κ2) is 5.34. The van der Waals surface area contributed by atoms with E-state index in [4.69, 9.17) is 5.73 Å². The molecule has 0 saturated carbocycles. The van der Waals surface area contributed by atoms with E-state index in [-0.39, 0.29) is 16.9 Å². The van der Waals surface area contributed by atoms with Gasteiger partial charge in [0.1, 0.15) is 16.5 Å². The van der Waals surface area contributed by atoms with Crippen molar-refractivity contribution in [1.29, 1.82) is 0 Å². The number of nitrogen functional groups attached to an aromatic ring is 1. The van der Waals surface area contributed by atoms with Crippen LogP contribution in [0.15, 0.2) is 41.7 Å². The van der Waals surface area contributed by atoms with E-state index >= 15 is 0 Å². The van der Waals surface area contributed by atoms with Gasteiger partial charge in [-0.25, -0.2) is 8.78 Å². The van der Waals surface area contributed by atoms with E-state index in [0.717, 1.165) is 21.9 Å². The van der Waals surface area contributed by atoms with Crippen LogP contribution < -0.4 is 5.73 Å². The Bertz CT molecular complexity index is 893. The van der Waals surface area contributed by atoms with Gasteiger partial charge in [0.25, 0.3) is 0 Å². The molecule has 7 heteroatoms. The van der Waals surface area contributed by atoms with Gasteiger partial charge in [-0.05, 0) is 29.8 Å². The monoisotopic (exact) mass is 330 g/mol. The molecule has 0 aliphatic carbocycles. The number of anilines is 1. The number of pyridine rings is 1. The van der Waals surface area contributed by atoms with Crippen molar-refractivity contribution in [3.63, 3.8) is 0 Å². The summed E-state index contributed by atoms with van der Waals surface area (Å²) in [5.41, 5.74) is 7.16.